The highest BCUT2D eigenvalue weighted by molar-refractivity contribution is 6.02. The normalized spacial score (nSPS) is 45.0. The lowest BCUT2D eigenvalue weighted by Gasteiger charge is -2.60. The Morgan fingerprint density at radius 2 is 1.93 bits per heavy atom. The third-order valence-electron chi connectivity index (χ3n) is 8.96. The Morgan fingerprint density at radius 1 is 1.23 bits per heavy atom. The summed E-state index contributed by atoms with van der Waals surface area (Å²) in [5, 5.41) is 32.1. The second-order valence-electron chi connectivity index (χ2n) is 10.1. The predicted molar refractivity (Wildman–Crippen MR) is 108 cm³/mol. The summed E-state index contributed by atoms with van der Waals surface area (Å²) in [6, 6.07) is 0. The molecule has 3 fully saturated rings. The van der Waals surface area contributed by atoms with E-state index >= 15 is 0 Å². The number of carbonyl (C=O) groups excluding carboxylic acids is 3. The summed E-state index contributed by atoms with van der Waals surface area (Å²) >= 11 is 0. The fourth-order valence-corrected chi connectivity index (χ4v) is 7.56. The molecule has 7 atom stereocenters. The molecular weight excluding hydrogens is 386 g/mol. The lowest BCUT2D eigenvalue weighted by molar-refractivity contribution is -0.179. The lowest BCUT2D eigenvalue weighted by Crippen LogP contribution is -2.62. The maximum atomic E-state index is 12.5. The van der Waals surface area contributed by atoms with Gasteiger partial charge < -0.3 is 21.1 Å². The van der Waals surface area contributed by atoms with Crippen molar-refractivity contribution in [3.8, 4) is 0 Å². The molecule has 0 spiro atoms. The molecule has 3 saturated carbocycles. The maximum absolute atomic E-state index is 12.5. The number of amides is 1. The minimum atomic E-state index is -1.65. The predicted octanol–water partition coefficient (Wildman–Crippen LogP) is 0.803. The Bertz CT molecular complexity index is 877. The summed E-state index contributed by atoms with van der Waals surface area (Å²) in [5.41, 5.74) is 3.91. The number of rotatable bonds is 4. The van der Waals surface area contributed by atoms with Gasteiger partial charge in [-0.1, -0.05) is 19.4 Å². The van der Waals surface area contributed by atoms with Crippen LogP contribution in [-0.4, -0.2) is 51.1 Å². The van der Waals surface area contributed by atoms with E-state index in [2.05, 4.69) is 0 Å². The lowest BCUT2D eigenvalue weighted by atomic mass is 9.44. The summed E-state index contributed by atoms with van der Waals surface area (Å²) in [7, 11) is 0. The van der Waals surface area contributed by atoms with Crippen molar-refractivity contribution in [2.45, 2.75) is 64.1 Å². The molecule has 5 N–H and O–H groups in total. The summed E-state index contributed by atoms with van der Waals surface area (Å²) in [6.07, 6.45) is 4.77. The highest BCUT2D eigenvalue weighted by Crippen LogP contribution is 2.68. The zero-order valence-corrected chi connectivity index (χ0v) is 17.6. The van der Waals surface area contributed by atoms with Crippen LogP contribution in [0.3, 0.4) is 0 Å². The highest BCUT2D eigenvalue weighted by Gasteiger charge is 2.68. The van der Waals surface area contributed by atoms with Crippen molar-refractivity contribution in [3.63, 3.8) is 0 Å². The minimum absolute atomic E-state index is 0.00256. The van der Waals surface area contributed by atoms with Gasteiger partial charge in [-0.2, -0.15) is 0 Å². The topological polar surface area (TPSA) is 138 Å². The molecule has 4 aliphatic carbocycles. The summed E-state index contributed by atoms with van der Waals surface area (Å²) in [4.78, 5) is 36.5. The van der Waals surface area contributed by atoms with Gasteiger partial charge in [0.1, 0.15) is 12.2 Å². The van der Waals surface area contributed by atoms with E-state index < -0.39 is 40.8 Å². The molecule has 30 heavy (non-hydrogen) atoms. The Morgan fingerprint density at radius 3 is 2.57 bits per heavy atom. The van der Waals surface area contributed by atoms with E-state index in [-0.39, 0.29) is 42.8 Å². The number of carbonyl (C=O) groups is 3. The van der Waals surface area contributed by atoms with Gasteiger partial charge in [0.2, 0.25) is 5.91 Å². The number of aliphatic hydroxyl groups is 3. The molecule has 7 nitrogen and oxygen atoms in total. The van der Waals surface area contributed by atoms with E-state index in [1.165, 1.54) is 6.08 Å². The zero-order chi connectivity index (χ0) is 22.1. The number of fused-ring (bicyclic) bond motifs is 5. The van der Waals surface area contributed by atoms with Crippen molar-refractivity contribution in [1.29, 1.82) is 0 Å². The molecule has 0 unspecified atom stereocenters. The average molecular weight is 418 g/mol. The SMILES string of the molecule is C[C@@]12C(=CC(=O)C=C1CC(N)=O)CC[C@@H]1[C@@H]2[C@@H](O)C[C@@]2(C)[C@H]1CC[C@]2(O)C(=O)CO. The Balaban J connectivity index is 1.78. The molecular formula is C23H31NO6. The third kappa shape index (κ3) is 2.65. The van der Waals surface area contributed by atoms with Crippen LogP contribution < -0.4 is 5.73 Å². The van der Waals surface area contributed by atoms with E-state index in [9.17, 15) is 29.7 Å². The van der Waals surface area contributed by atoms with E-state index in [1.807, 2.05) is 13.8 Å². The smallest absolute Gasteiger partial charge is 0.221 e. The molecule has 0 aromatic rings. The van der Waals surface area contributed by atoms with Crippen molar-refractivity contribution in [1.82, 2.24) is 0 Å². The Labute approximate surface area is 176 Å². The summed E-state index contributed by atoms with van der Waals surface area (Å²) < 4.78 is 0. The molecule has 164 valence electrons. The second kappa shape index (κ2) is 6.84. The van der Waals surface area contributed by atoms with Crippen LogP contribution in [0.25, 0.3) is 0 Å². The molecule has 0 saturated heterocycles. The Kier molecular flexibility index (Phi) is 4.88. The fraction of sp³-hybridized carbons (Fsp3) is 0.696. The van der Waals surface area contributed by atoms with E-state index in [0.717, 1.165) is 12.0 Å². The monoisotopic (exact) mass is 417 g/mol. The number of primary amides is 1. The van der Waals surface area contributed by atoms with Gasteiger partial charge in [0.25, 0.3) is 0 Å². The van der Waals surface area contributed by atoms with Crippen molar-refractivity contribution < 1.29 is 29.7 Å². The first-order chi connectivity index (χ1) is 14.0. The third-order valence-corrected chi connectivity index (χ3v) is 8.96. The van der Waals surface area contributed by atoms with Crippen molar-refractivity contribution in [2.75, 3.05) is 6.61 Å². The zero-order valence-electron chi connectivity index (χ0n) is 17.6. The number of nitrogens with two attached hydrogens (primary N) is 1. The fourth-order valence-electron chi connectivity index (χ4n) is 7.56. The van der Waals surface area contributed by atoms with Crippen LogP contribution in [0.5, 0.6) is 0 Å². The molecule has 0 aromatic heterocycles. The van der Waals surface area contributed by atoms with Gasteiger partial charge in [0.05, 0.1) is 6.10 Å². The molecule has 4 rings (SSSR count). The molecule has 0 aliphatic heterocycles. The molecule has 0 bridgehead atoms. The summed E-state index contributed by atoms with van der Waals surface area (Å²) in [5.74, 6) is -1.48. The maximum Gasteiger partial charge on any atom is 0.221 e. The Hall–Kier alpha value is -1.83. The van der Waals surface area contributed by atoms with Gasteiger partial charge in [0.15, 0.2) is 11.6 Å². The van der Waals surface area contributed by atoms with E-state index in [0.29, 0.717) is 18.4 Å². The molecule has 1 amide bonds. The second-order valence-corrected chi connectivity index (χ2v) is 10.1. The molecule has 0 radical (unpaired) electrons. The average Bonchev–Trinajstić information content (AvgIpc) is 2.93. The van der Waals surface area contributed by atoms with Gasteiger partial charge in [-0.15, -0.1) is 0 Å². The highest BCUT2D eigenvalue weighted by atomic mass is 16.3. The molecule has 7 heteroatoms. The first-order valence-electron chi connectivity index (χ1n) is 10.8. The number of hydrogen-bond acceptors (Lipinski definition) is 6. The van der Waals surface area contributed by atoms with Crippen LogP contribution in [0.1, 0.15) is 52.4 Å². The molecule has 0 aromatic carbocycles. The number of ketones is 2. The van der Waals surface area contributed by atoms with Crippen LogP contribution >= 0.6 is 0 Å². The number of allylic oxidation sites excluding steroid dienone is 3. The first kappa shape index (κ1) is 21.4. The first-order valence-corrected chi connectivity index (χ1v) is 10.8. The van der Waals surface area contributed by atoms with Crippen LogP contribution in [0.2, 0.25) is 0 Å². The summed E-state index contributed by atoms with van der Waals surface area (Å²) in [6.45, 7) is 3.12. The quantitative estimate of drug-likeness (QED) is 0.534. The molecule has 4 aliphatic rings. The van der Waals surface area contributed by atoms with Crippen LogP contribution in [0, 0.1) is 28.6 Å². The largest absolute Gasteiger partial charge is 0.393 e. The van der Waals surface area contributed by atoms with Crippen molar-refractivity contribution in [2.24, 2.45) is 34.3 Å². The van der Waals surface area contributed by atoms with E-state index in [1.54, 1.807) is 6.08 Å². The van der Waals surface area contributed by atoms with Crippen molar-refractivity contribution in [3.05, 3.63) is 23.3 Å². The van der Waals surface area contributed by atoms with Gasteiger partial charge >= 0.3 is 0 Å². The van der Waals surface area contributed by atoms with Crippen LogP contribution in [-0.2, 0) is 14.4 Å². The standard InChI is InChI=1S/C23H31NO6/c1-21-10-17(27)20-15(16(21)5-6-23(21,30)18(28)11-25)4-3-12-7-14(26)8-13(9-19(24)29)22(12,20)2/h7-8,15-17,20,25,27,30H,3-6,9-11H2,1-2H3,(H2,24,29)/t15-,16-,17-,20+,21-,22+,23-/m0/s1. The number of aliphatic hydroxyl groups excluding tert-OH is 2. The van der Waals surface area contributed by atoms with Gasteiger partial charge in [-0.25, -0.2) is 0 Å². The van der Waals surface area contributed by atoms with Gasteiger partial charge in [0, 0.05) is 23.2 Å². The minimum Gasteiger partial charge on any atom is -0.393 e. The van der Waals surface area contributed by atoms with Gasteiger partial charge in [-0.05, 0) is 61.7 Å². The van der Waals surface area contributed by atoms with E-state index in [4.69, 9.17) is 5.73 Å². The van der Waals surface area contributed by atoms with Crippen molar-refractivity contribution >= 4 is 17.5 Å². The molecule has 0 heterocycles. The number of hydrogen-bond donors (Lipinski definition) is 4. The number of Topliss-reactive ketones (excluding diaryl/α,β-unsaturated/α-hetero) is 1. The van der Waals surface area contributed by atoms with Crippen LogP contribution in [0.15, 0.2) is 23.3 Å². The van der Waals surface area contributed by atoms with Crippen LogP contribution in [0.4, 0.5) is 0 Å². The van der Waals surface area contributed by atoms with Gasteiger partial charge in [-0.3, -0.25) is 14.4 Å².